The molecule has 0 aliphatic carbocycles. The number of nitrogens with one attached hydrogen (secondary N) is 1. The van der Waals surface area contributed by atoms with E-state index in [0.717, 1.165) is 0 Å². The highest BCUT2D eigenvalue weighted by atomic mass is 19.1. The van der Waals surface area contributed by atoms with Crippen LogP contribution in [0.1, 0.15) is 6.42 Å². The van der Waals surface area contributed by atoms with E-state index in [1.54, 1.807) is 12.3 Å². The van der Waals surface area contributed by atoms with Crippen molar-refractivity contribution < 1.29 is 13.9 Å². The molecule has 1 aromatic heterocycles. The Labute approximate surface area is 109 Å². The second kappa shape index (κ2) is 5.51. The SMILES string of the molecule is COC(=O)CCNc1nccc2c(N)ccc(F)c12. The molecule has 0 spiro atoms. The number of hydrogen-bond donors (Lipinski definition) is 2. The van der Waals surface area contributed by atoms with E-state index in [1.807, 2.05) is 0 Å². The molecule has 0 aliphatic rings. The summed E-state index contributed by atoms with van der Waals surface area (Å²) in [7, 11) is 1.32. The second-order valence-electron chi connectivity index (χ2n) is 3.97. The van der Waals surface area contributed by atoms with Crippen molar-refractivity contribution in [2.45, 2.75) is 6.42 Å². The van der Waals surface area contributed by atoms with Crippen LogP contribution >= 0.6 is 0 Å². The van der Waals surface area contributed by atoms with E-state index in [4.69, 9.17) is 5.73 Å². The minimum Gasteiger partial charge on any atom is -0.469 e. The zero-order valence-electron chi connectivity index (χ0n) is 10.4. The Morgan fingerprint density at radius 1 is 1.47 bits per heavy atom. The predicted octanol–water partition coefficient (Wildman–Crippen LogP) is 1.93. The first-order valence-corrected chi connectivity index (χ1v) is 5.77. The summed E-state index contributed by atoms with van der Waals surface area (Å²) in [6, 6.07) is 4.46. The average molecular weight is 263 g/mol. The van der Waals surface area contributed by atoms with E-state index >= 15 is 0 Å². The summed E-state index contributed by atoms with van der Waals surface area (Å²) in [6.07, 6.45) is 1.72. The summed E-state index contributed by atoms with van der Waals surface area (Å²) in [5, 5.41) is 3.83. The number of carbonyl (C=O) groups excluding carboxylic acids is 1. The number of nitrogen functional groups attached to an aromatic ring is 1. The van der Waals surface area contributed by atoms with Crippen molar-refractivity contribution in [1.82, 2.24) is 4.98 Å². The Bertz CT molecular complexity index is 616. The Hall–Kier alpha value is -2.37. The van der Waals surface area contributed by atoms with Crippen LogP contribution in [0.5, 0.6) is 0 Å². The summed E-state index contributed by atoms with van der Waals surface area (Å²) in [6.45, 7) is 0.313. The van der Waals surface area contributed by atoms with Crippen molar-refractivity contribution in [3.8, 4) is 0 Å². The van der Waals surface area contributed by atoms with Crippen molar-refractivity contribution in [1.29, 1.82) is 0 Å². The number of halogens is 1. The third-order valence-electron chi connectivity index (χ3n) is 2.76. The molecule has 1 heterocycles. The van der Waals surface area contributed by atoms with Gasteiger partial charge in [0, 0.05) is 23.8 Å². The van der Waals surface area contributed by atoms with E-state index in [9.17, 15) is 9.18 Å². The lowest BCUT2D eigenvalue weighted by Crippen LogP contribution is -2.11. The van der Waals surface area contributed by atoms with Crippen molar-refractivity contribution >= 4 is 28.2 Å². The minimum atomic E-state index is -0.405. The fourth-order valence-electron chi connectivity index (χ4n) is 1.80. The summed E-state index contributed by atoms with van der Waals surface area (Å²) < 4.78 is 18.4. The molecule has 3 N–H and O–H groups in total. The van der Waals surface area contributed by atoms with Gasteiger partial charge in [-0.25, -0.2) is 9.37 Å². The van der Waals surface area contributed by atoms with Gasteiger partial charge in [0.05, 0.1) is 18.9 Å². The first-order chi connectivity index (χ1) is 9.13. The van der Waals surface area contributed by atoms with Gasteiger partial charge in [0.2, 0.25) is 0 Å². The molecule has 0 radical (unpaired) electrons. The lowest BCUT2D eigenvalue weighted by Gasteiger charge is -2.10. The van der Waals surface area contributed by atoms with Crippen molar-refractivity contribution in [3.63, 3.8) is 0 Å². The number of esters is 1. The zero-order chi connectivity index (χ0) is 13.8. The highest BCUT2D eigenvalue weighted by Gasteiger charge is 2.10. The number of benzene rings is 1. The van der Waals surface area contributed by atoms with Gasteiger partial charge in [-0.1, -0.05) is 0 Å². The van der Waals surface area contributed by atoms with E-state index in [2.05, 4.69) is 15.0 Å². The number of nitrogens with two attached hydrogens (primary N) is 1. The third kappa shape index (κ3) is 2.73. The Morgan fingerprint density at radius 2 is 2.26 bits per heavy atom. The summed E-state index contributed by atoms with van der Waals surface area (Å²) in [4.78, 5) is 15.1. The maximum Gasteiger partial charge on any atom is 0.307 e. The molecule has 19 heavy (non-hydrogen) atoms. The zero-order valence-corrected chi connectivity index (χ0v) is 10.4. The number of pyridine rings is 1. The molecule has 0 bridgehead atoms. The van der Waals surface area contributed by atoms with Gasteiger partial charge in [-0.05, 0) is 18.2 Å². The number of ether oxygens (including phenoxy) is 1. The molecule has 0 aliphatic heterocycles. The van der Waals surface area contributed by atoms with E-state index in [1.165, 1.54) is 19.2 Å². The molecule has 2 aromatic rings. The Balaban J connectivity index is 2.28. The van der Waals surface area contributed by atoms with E-state index in [-0.39, 0.29) is 12.4 Å². The molecule has 0 amide bonds. The van der Waals surface area contributed by atoms with Crippen molar-refractivity contribution in [2.24, 2.45) is 0 Å². The Morgan fingerprint density at radius 3 is 3.00 bits per heavy atom. The van der Waals surface area contributed by atoms with E-state index in [0.29, 0.717) is 28.8 Å². The minimum absolute atomic E-state index is 0.179. The topological polar surface area (TPSA) is 77.2 Å². The summed E-state index contributed by atoms with van der Waals surface area (Å²) in [5.74, 6) is -0.378. The predicted molar refractivity (Wildman–Crippen MR) is 71.2 cm³/mol. The van der Waals surface area contributed by atoms with Crippen LogP contribution < -0.4 is 11.1 Å². The van der Waals surface area contributed by atoms with Crippen LogP contribution in [-0.4, -0.2) is 24.6 Å². The molecule has 100 valence electrons. The number of anilines is 2. The Kier molecular flexibility index (Phi) is 3.79. The van der Waals surface area contributed by atoms with Crippen LogP contribution in [0.25, 0.3) is 10.8 Å². The first kappa shape index (κ1) is 13.1. The monoisotopic (exact) mass is 263 g/mol. The van der Waals surface area contributed by atoms with Crippen LogP contribution in [-0.2, 0) is 9.53 Å². The van der Waals surface area contributed by atoms with Gasteiger partial charge in [-0.2, -0.15) is 0 Å². The third-order valence-corrected chi connectivity index (χ3v) is 2.76. The highest BCUT2D eigenvalue weighted by molar-refractivity contribution is 5.99. The number of methoxy groups -OCH3 is 1. The largest absolute Gasteiger partial charge is 0.469 e. The maximum absolute atomic E-state index is 13.9. The standard InChI is InChI=1S/C13H14FN3O2/c1-19-11(18)5-7-17-13-12-8(4-6-16-13)10(15)3-2-9(12)14/h2-4,6H,5,7,15H2,1H3,(H,16,17). The van der Waals surface area contributed by atoms with Crippen LogP contribution in [0.3, 0.4) is 0 Å². The quantitative estimate of drug-likeness (QED) is 0.651. The van der Waals surface area contributed by atoms with Gasteiger partial charge in [0.25, 0.3) is 0 Å². The molecular weight excluding hydrogens is 249 g/mol. The molecule has 0 saturated carbocycles. The van der Waals surface area contributed by atoms with Crippen LogP contribution in [0.2, 0.25) is 0 Å². The molecule has 2 rings (SSSR count). The highest BCUT2D eigenvalue weighted by Crippen LogP contribution is 2.28. The maximum atomic E-state index is 13.9. The molecular formula is C13H14FN3O2. The number of rotatable bonds is 4. The molecule has 1 aromatic carbocycles. The van der Waals surface area contributed by atoms with Crippen LogP contribution in [0.4, 0.5) is 15.9 Å². The second-order valence-corrected chi connectivity index (χ2v) is 3.97. The fourth-order valence-corrected chi connectivity index (χ4v) is 1.80. The van der Waals surface area contributed by atoms with Gasteiger partial charge in [0.15, 0.2) is 0 Å². The van der Waals surface area contributed by atoms with Gasteiger partial charge >= 0.3 is 5.97 Å². The van der Waals surface area contributed by atoms with Gasteiger partial charge in [-0.3, -0.25) is 4.79 Å². The molecule has 0 fully saturated rings. The van der Waals surface area contributed by atoms with Crippen LogP contribution in [0.15, 0.2) is 24.4 Å². The lowest BCUT2D eigenvalue weighted by atomic mass is 10.1. The number of fused-ring (bicyclic) bond motifs is 1. The van der Waals surface area contributed by atoms with Crippen molar-refractivity contribution in [2.75, 3.05) is 24.7 Å². The van der Waals surface area contributed by atoms with E-state index < -0.39 is 5.82 Å². The van der Waals surface area contributed by atoms with Gasteiger partial charge < -0.3 is 15.8 Å². The molecule has 0 saturated heterocycles. The normalized spacial score (nSPS) is 10.4. The summed E-state index contributed by atoms with van der Waals surface area (Å²) >= 11 is 0. The molecule has 0 unspecified atom stereocenters. The number of aromatic nitrogens is 1. The average Bonchev–Trinajstić information content (AvgIpc) is 2.43. The molecule has 0 atom stereocenters. The van der Waals surface area contributed by atoms with Crippen molar-refractivity contribution in [3.05, 3.63) is 30.2 Å². The lowest BCUT2D eigenvalue weighted by molar-refractivity contribution is -0.140. The summed E-state index contributed by atoms with van der Waals surface area (Å²) in [5.41, 5.74) is 6.28. The number of hydrogen-bond acceptors (Lipinski definition) is 5. The van der Waals surface area contributed by atoms with Gasteiger partial charge in [0.1, 0.15) is 11.6 Å². The van der Waals surface area contributed by atoms with Gasteiger partial charge in [-0.15, -0.1) is 0 Å². The number of carbonyl (C=O) groups is 1. The number of nitrogens with zero attached hydrogens (tertiary/aromatic N) is 1. The fraction of sp³-hybridized carbons (Fsp3) is 0.231. The molecule has 5 nitrogen and oxygen atoms in total. The van der Waals surface area contributed by atoms with Crippen LogP contribution in [0, 0.1) is 5.82 Å². The smallest absolute Gasteiger partial charge is 0.307 e. The molecule has 6 heteroatoms. The first-order valence-electron chi connectivity index (χ1n) is 5.77.